The molecule has 3 heterocycles. The lowest BCUT2D eigenvalue weighted by atomic mass is 10.1. The van der Waals surface area contributed by atoms with Gasteiger partial charge in [0.2, 0.25) is 0 Å². The topological polar surface area (TPSA) is 31.4 Å². The van der Waals surface area contributed by atoms with Gasteiger partial charge < -0.3 is 10.2 Å². The van der Waals surface area contributed by atoms with Crippen molar-refractivity contribution in [2.45, 2.75) is 31.3 Å². The van der Waals surface area contributed by atoms with Gasteiger partial charge in [-0.3, -0.25) is 9.88 Å². The first-order valence-electron chi connectivity index (χ1n) is 6.87. The van der Waals surface area contributed by atoms with E-state index in [0.717, 1.165) is 6.04 Å². The number of hydrogen-bond acceptors (Lipinski definition) is 4. The molecule has 0 radical (unpaired) electrons. The first-order valence-corrected chi connectivity index (χ1v) is 6.87. The van der Waals surface area contributed by atoms with Crippen molar-refractivity contribution in [1.29, 1.82) is 0 Å². The minimum absolute atomic E-state index is 0.593. The Labute approximate surface area is 109 Å². The lowest BCUT2D eigenvalue weighted by molar-refractivity contribution is 0.318. The van der Waals surface area contributed by atoms with Gasteiger partial charge in [-0.2, -0.15) is 0 Å². The highest BCUT2D eigenvalue weighted by Crippen LogP contribution is 2.32. The molecule has 98 valence electrons. The van der Waals surface area contributed by atoms with Gasteiger partial charge in [0.05, 0.1) is 17.6 Å². The molecule has 4 heteroatoms. The number of rotatable bonds is 3. The predicted molar refractivity (Wildman–Crippen MR) is 75.2 cm³/mol. The van der Waals surface area contributed by atoms with Crippen molar-refractivity contribution in [2.24, 2.45) is 0 Å². The van der Waals surface area contributed by atoms with Crippen LogP contribution in [0.4, 0.5) is 11.4 Å². The highest BCUT2D eigenvalue weighted by Gasteiger charge is 2.37. The molecule has 18 heavy (non-hydrogen) atoms. The van der Waals surface area contributed by atoms with Crippen LogP contribution in [0.2, 0.25) is 0 Å². The maximum Gasteiger partial charge on any atom is 0.0766 e. The number of pyridine rings is 1. The molecular formula is C14H22N4. The fraction of sp³-hybridized carbons (Fsp3) is 0.643. The summed E-state index contributed by atoms with van der Waals surface area (Å²) in [4.78, 5) is 9.03. The summed E-state index contributed by atoms with van der Waals surface area (Å²) >= 11 is 0. The van der Waals surface area contributed by atoms with Crippen LogP contribution in [0.1, 0.15) is 19.3 Å². The lowest BCUT2D eigenvalue weighted by Crippen LogP contribution is -2.34. The fourth-order valence-electron chi connectivity index (χ4n) is 3.34. The molecule has 0 saturated carbocycles. The third-order valence-electron chi connectivity index (χ3n) is 4.23. The van der Waals surface area contributed by atoms with Gasteiger partial charge in [0.25, 0.3) is 0 Å². The van der Waals surface area contributed by atoms with E-state index in [4.69, 9.17) is 0 Å². The molecule has 2 saturated heterocycles. The Morgan fingerprint density at radius 1 is 1.33 bits per heavy atom. The highest BCUT2D eigenvalue weighted by molar-refractivity contribution is 5.68. The first kappa shape index (κ1) is 11.8. The van der Waals surface area contributed by atoms with E-state index in [0.29, 0.717) is 6.04 Å². The number of nitrogens with zero attached hydrogens (tertiary/aromatic N) is 3. The van der Waals surface area contributed by atoms with Crippen molar-refractivity contribution >= 4 is 11.4 Å². The standard InChI is InChI=1S/C14H22N4/c1-17(2)13-5-7-15-10-12(13)16-11-6-9-18-8-3-4-14(11)18/h5,7,10-11,14,16H,3-4,6,8-9H2,1-2H3. The molecule has 2 aliphatic rings. The van der Waals surface area contributed by atoms with E-state index in [2.05, 4.69) is 40.3 Å². The number of anilines is 2. The first-order chi connectivity index (χ1) is 8.75. The second kappa shape index (κ2) is 4.76. The molecule has 1 aromatic heterocycles. The Balaban J connectivity index is 1.76. The van der Waals surface area contributed by atoms with Gasteiger partial charge in [0.15, 0.2) is 0 Å². The van der Waals surface area contributed by atoms with Crippen LogP contribution in [0, 0.1) is 0 Å². The van der Waals surface area contributed by atoms with E-state index < -0.39 is 0 Å². The van der Waals surface area contributed by atoms with Crippen molar-refractivity contribution in [2.75, 3.05) is 37.4 Å². The van der Waals surface area contributed by atoms with Crippen molar-refractivity contribution in [3.8, 4) is 0 Å². The monoisotopic (exact) mass is 246 g/mol. The molecule has 0 bridgehead atoms. The van der Waals surface area contributed by atoms with Gasteiger partial charge >= 0.3 is 0 Å². The highest BCUT2D eigenvalue weighted by atomic mass is 15.2. The summed E-state index contributed by atoms with van der Waals surface area (Å²) in [6.07, 6.45) is 7.77. The average molecular weight is 246 g/mol. The molecule has 1 N–H and O–H groups in total. The Hall–Kier alpha value is -1.29. The SMILES string of the molecule is CN(C)c1ccncc1NC1CCN2CCCC12. The van der Waals surface area contributed by atoms with Gasteiger partial charge in [-0.25, -0.2) is 0 Å². The van der Waals surface area contributed by atoms with Crippen molar-refractivity contribution in [3.63, 3.8) is 0 Å². The van der Waals surface area contributed by atoms with Gasteiger partial charge in [-0.05, 0) is 31.9 Å². The van der Waals surface area contributed by atoms with Crippen LogP contribution in [0.3, 0.4) is 0 Å². The Kier molecular flexibility index (Phi) is 3.12. The Morgan fingerprint density at radius 3 is 3.06 bits per heavy atom. The largest absolute Gasteiger partial charge is 0.378 e. The van der Waals surface area contributed by atoms with Crippen molar-refractivity contribution < 1.29 is 0 Å². The molecule has 2 atom stereocenters. The van der Waals surface area contributed by atoms with Crippen molar-refractivity contribution in [1.82, 2.24) is 9.88 Å². The molecule has 3 rings (SSSR count). The molecule has 4 nitrogen and oxygen atoms in total. The summed E-state index contributed by atoms with van der Waals surface area (Å²) in [5, 5.41) is 3.72. The van der Waals surface area contributed by atoms with Crippen LogP contribution < -0.4 is 10.2 Å². The Bertz CT molecular complexity index is 418. The molecule has 0 aliphatic carbocycles. The zero-order valence-electron chi connectivity index (χ0n) is 11.3. The summed E-state index contributed by atoms with van der Waals surface area (Å²) in [7, 11) is 4.16. The Morgan fingerprint density at radius 2 is 2.22 bits per heavy atom. The van der Waals surface area contributed by atoms with E-state index in [-0.39, 0.29) is 0 Å². The van der Waals surface area contributed by atoms with Crippen molar-refractivity contribution in [3.05, 3.63) is 18.5 Å². The summed E-state index contributed by atoms with van der Waals surface area (Å²) in [6, 6.07) is 3.40. The summed E-state index contributed by atoms with van der Waals surface area (Å²) in [6.45, 7) is 2.54. The third-order valence-corrected chi connectivity index (χ3v) is 4.23. The van der Waals surface area contributed by atoms with Crippen LogP contribution in [-0.4, -0.2) is 49.2 Å². The smallest absolute Gasteiger partial charge is 0.0766 e. The van der Waals surface area contributed by atoms with E-state index in [1.807, 2.05) is 12.4 Å². The van der Waals surface area contributed by atoms with Crippen LogP contribution in [0.5, 0.6) is 0 Å². The summed E-state index contributed by atoms with van der Waals surface area (Å²) in [5.41, 5.74) is 2.39. The van der Waals surface area contributed by atoms with Gasteiger partial charge in [0, 0.05) is 38.9 Å². The molecule has 2 unspecified atom stereocenters. The number of hydrogen-bond donors (Lipinski definition) is 1. The molecule has 0 amide bonds. The van der Waals surface area contributed by atoms with Gasteiger partial charge in [-0.1, -0.05) is 0 Å². The van der Waals surface area contributed by atoms with Crippen LogP contribution in [-0.2, 0) is 0 Å². The fourth-order valence-corrected chi connectivity index (χ4v) is 3.34. The van der Waals surface area contributed by atoms with E-state index in [9.17, 15) is 0 Å². The molecule has 1 aromatic rings. The predicted octanol–water partition coefficient (Wildman–Crippen LogP) is 1.80. The zero-order valence-corrected chi connectivity index (χ0v) is 11.3. The quantitative estimate of drug-likeness (QED) is 0.881. The number of aromatic nitrogens is 1. The summed E-state index contributed by atoms with van der Waals surface area (Å²) < 4.78 is 0. The average Bonchev–Trinajstić information content (AvgIpc) is 2.94. The number of fused-ring (bicyclic) bond motifs is 1. The molecule has 2 aliphatic heterocycles. The maximum atomic E-state index is 4.25. The van der Waals surface area contributed by atoms with E-state index in [1.165, 1.54) is 43.7 Å². The van der Waals surface area contributed by atoms with Crippen LogP contribution in [0.15, 0.2) is 18.5 Å². The normalized spacial score (nSPS) is 27.2. The molecule has 0 spiro atoms. The third kappa shape index (κ3) is 2.05. The maximum absolute atomic E-state index is 4.25. The van der Waals surface area contributed by atoms with Crippen LogP contribution >= 0.6 is 0 Å². The van der Waals surface area contributed by atoms with E-state index in [1.54, 1.807) is 0 Å². The molecule has 2 fully saturated rings. The summed E-state index contributed by atoms with van der Waals surface area (Å²) in [5.74, 6) is 0. The van der Waals surface area contributed by atoms with Crippen LogP contribution in [0.25, 0.3) is 0 Å². The minimum atomic E-state index is 0.593. The lowest BCUT2D eigenvalue weighted by Gasteiger charge is -2.25. The number of nitrogens with one attached hydrogen (secondary N) is 1. The second-order valence-electron chi connectivity index (χ2n) is 5.57. The molecule has 0 aromatic carbocycles. The van der Waals surface area contributed by atoms with E-state index >= 15 is 0 Å². The van der Waals surface area contributed by atoms with Gasteiger partial charge in [-0.15, -0.1) is 0 Å². The second-order valence-corrected chi connectivity index (χ2v) is 5.57. The minimum Gasteiger partial charge on any atom is -0.378 e. The van der Waals surface area contributed by atoms with Gasteiger partial charge in [0.1, 0.15) is 0 Å². The molecular weight excluding hydrogens is 224 g/mol. The zero-order chi connectivity index (χ0) is 12.5.